The smallest absolute Gasteiger partial charge is 0.228 e. The Morgan fingerprint density at radius 3 is 2.19 bits per heavy atom. The maximum atomic E-state index is 12.2. The zero-order valence-corrected chi connectivity index (χ0v) is 9.80. The molecule has 0 spiro atoms. The third-order valence-corrected chi connectivity index (χ3v) is 4.43. The Hall–Kier alpha value is -0.610. The van der Waals surface area contributed by atoms with Crippen LogP contribution in [0.2, 0.25) is 0 Å². The van der Waals surface area contributed by atoms with Crippen molar-refractivity contribution in [3.63, 3.8) is 0 Å². The van der Waals surface area contributed by atoms with Crippen LogP contribution < -0.4 is 11.1 Å². The summed E-state index contributed by atoms with van der Waals surface area (Å²) in [5.41, 5.74) is 5.02. The Balaban J connectivity index is 2.00. The molecule has 2 aliphatic rings. The SMILES string of the molecule is NCC1(C(=O)NC2(CO)CCCC2)CCC1. The molecule has 2 aliphatic carbocycles. The molecule has 0 saturated heterocycles. The molecule has 0 aromatic heterocycles. The first-order chi connectivity index (χ1) is 7.66. The van der Waals surface area contributed by atoms with Gasteiger partial charge in [-0.25, -0.2) is 0 Å². The summed E-state index contributed by atoms with van der Waals surface area (Å²) in [4.78, 5) is 12.2. The highest BCUT2D eigenvalue weighted by molar-refractivity contribution is 5.84. The number of aliphatic hydroxyl groups is 1. The van der Waals surface area contributed by atoms with E-state index in [0.717, 1.165) is 44.9 Å². The molecule has 16 heavy (non-hydrogen) atoms. The fraction of sp³-hybridized carbons (Fsp3) is 0.917. The molecule has 4 N–H and O–H groups in total. The molecule has 92 valence electrons. The summed E-state index contributed by atoms with van der Waals surface area (Å²) in [6, 6.07) is 0. The van der Waals surface area contributed by atoms with Gasteiger partial charge in [0.2, 0.25) is 5.91 Å². The van der Waals surface area contributed by atoms with E-state index in [2.05, 4.69) is 5.32 Å². The first-order valence-electron chi connectivity index (χ1n) is 6.30. The molecular formula is C12H22N2O2. The lowest BCUT2D eigenvalue weighted by atomic mass is 9.67. The molecule has 2 fully saturated rings. The van der Waals surface area contributed by atoms with E-state index in [1.165, 1.54) is 0 Å². The second-order valence-electron chi connectivity index (χ2n) is 5.44. The fourth-order valence-electron chi connectivity index (χ4n) is 2.88. The third-order valence-electron chi connectivity index (χ3n) is 4.43. The van der Waals surface area contributed by atoms with Crippen LogP contribution in [0.3, 0.4) is 0 Å². The number of nitrogens with two attached hydrogens (primary N) is 1. The van der Waals surface area contributed by atoms with Crippen LogP contribution in [0.15, 0.2) is 0 Å². The molecule has 0 aliphatic heterocycles. The van der Waals surface area contributed by atoms with Crippen molar-refractivity contribution >= 4 is 5.91 Å². The van der Waals surface area contributed by atoms with Gasteiger partial charge < -0.3 is 16.2 Å². The number of aliphatic hydroxyl groups excluding tert-OH is 1. The Morgan fingerprint density at radius 1 is 1.19 bits per heavy atom. The predicted molar refractivity (Wildman–Crippen MR) is 61.8 cm³/mol. The van der Waals surface area contributed by atoms with Crippen molar-refractivity contribution in [3.05, 3.63) is 0 Å². The van der Waals surface area contributed by atoms with Gasteiger partial charge in [0.05, 0.1) is 17.6 Å². The Morgan fingerprint density at radius 2 is 1.81 bits per heavy atom. The number of nitrogens with one attached hydrogen (secondary N) is 1. The van der Waals surface area contributed by atoms with Crippen molar-refractivity contribution in [3.8, 4) is 0 Å². The summed E-state index contributed by atoms with van der Waals surface area (Å²) in [6.45, 7) is 0.486. The van der Waals surface area contributed by atoms with Gasteiger partial charge in [-0.05, 0) is 25.7 Å². The molecule has 4 nitrogen and oxygen atoms in total. The minimum atomic E-state index is -0.352. The standard InChI is InChI=1S/C12H22N2O2/c13-8-11(4-3-5-11)10(16)14-12(9-15)6-1-2-7-12/h15H,1-9,13H2,(H,14,16). The maximum Gasteiger partial charge on any atom is 0.228 e. The predicted octanol–water partition coefficient (Wildman–Crippen LogP) is 0.537. The van der Waals surface area contributed by atoms with Crippen molar-refractivity contribution in [2.75, 3.05) is 13.2 Å². The monoisotopic (exact) mass is 226 g/mol. The Labute approximate surface area is 96.6 Å². The van der Waals surface area contributed by atoms with Crippen LogP contribution in [0.5, 0.6) is 0 Å². The number of carbonyl (C=O) groups is 1. The van der Waals surface area contributed by atoms with Gasteiger partial charge in [0.25, 0.3) is 0 Å². The van der Waals surface area contributed by atoms with Crippen LogP contribution in [0.4, 0.5) is 0 Å². The van der Waals surface area contributed by atoms with E-state index in [-0.39, 0.29) is 23.5 Å². The van der Waals surface area contributed by atoms with Crippen molar-refractivity contribution < 1.29 is 9.90 Å². The summed E-state index contributed by atoms with van der Waals surface area (Å²) >= 11 is 0. The molecule has 1 amide bonds. The zero-order chi connectivity index (χ0) is 11.6. The van der Waals surface area contributed by atoms with E-state index in [0.29, 0.717) is 6.54 Å². The molecule has 4 heteroatoms. The minimum absolute atomic E-state index is 0.0550. The topological polar surface area (TPSA) is 75.4 Å². The number of hydrogen-bond acceptors (Lipinski definition) is 3. The van der Waals surface area contributed by atoms with Gasteiger partial charge in [0, 0.05) is 6.54 Å². The molecule has 0 unspecified atom stereocenters. The third kappa shape index (κ3) is 1.84. The molecule has 0 aromatic rings. The molecule has 0 bridgehead atoms. The molecular weight excluding hydrogens is 204 g/mol. The highest BCUT2D eigenvalue weighted by Crippen LogP contribution is 2.41. The normalized spacial score (nSPS) is 26.1. The largest absolute Gasteiger partial charge is 0.394 e. The second kappa shape index (κ2) is 4.34. The molecule has 2 rings (SSSR count). The van der Waals surface area contributed by atoms with Gasteiger partial charge in [-0.2, -0.15) is 0 Å². The van der Waals surface area contributed by atoms with Crippen molar-refractivity contribution in [2.45, 2.75) is 50.5 Å². The Kier molecular flexibility index (Phi) is 3.22. The lowest BCUT2D eigenvalue weighted by molar-refractivity contribution is -0.137. The summed E-state index contributed by atoms with van der Waals surface area (Å²) in [7, 11) is 0. The highest BCUT2D eigenvalue weighted by atomic mass is 16.3. The van der Waals surface area contributed by atoms with Crippen LogP contribution in [0.1, 0.15) is 44.9 Å². The van der Waals surface area contributed by atoms with E-state index in [1.54, 1.807) is 0 Å². The van der Waals surface area contributed by atoms with Crippen LogP contribution in [0, 0.1) is 5.41 Å². The number of amides is 1. The van der Waals surface area contributed by atoms with Crippen molar-refractivity contribution in [2.24, 2.45) is 11.1 Å². The molecule has 0 atom stereocenters. The van der Waals surface area contributed by atoms with Crippen molar-refractivity contribution in [1.82, 2.24) is 5.32 Å². The van der Waals surface area contributed by atoms with Crippen molar-refractivity contribution in [1.29, 1.82) is 0 Å². The quantitative estimate of drug-likeness (QED) is 0.655. The molecule has 2 saturated carbocycles. The zero-order valence-electron chi connectivity index (χ0n) is 9.80. The lowest BCUT2D eigenvalue weighted by Gasteiger charge is -2.42. The van der Waals surface area contributed by atoms with Gasteiger partial charge in [-0.1, -0.05) is 19.3 Å². The molecule has 0 aromatic carbocycles. The summed E-state index contributed by atoms with van der Waals surface area (Å²) in [5, 5.41) is 12.5. The first-order valence-corrected chi connectivity index (χ1v) is 6.30. The second-order valence-corrected chi connectivity index (χ2v) is 5.44. The number of carbonyl (C=O) groups excluding carboxylic acids is 1. The number of hydrogen-bond donors (Lipinski definition) is 3. The maximum absolute atomic E-state index is 12.2. The van der Waals surface area contributed by atoms with Crippen LogP contribution in [-0.4, -0.2) is 29.7 Å². The fourth-order valence-corrected chi connectivity index (χ4v) is 2.88. The lowest BCUT2D eigenvalue weighted by Crippen LogP contribution is -2.58. The summed E-state index contributed by atoms with van der Waals surface area (Å²) < 4.78 is 0. The van der Waals surface area contributed by atoms with Gasteiger partial charge in [0.15, 0.2) is 0 Å². The van der Waals surface area contributed by atoms with Crippen LogP contribution >= 0.6 is 0 Å². The van der Waals surface area contributed by atoms with Gasteiger partial charge in [-0.3, -0.25) is 4.79 Å². The van der Waals surface area contributed by atoms with Crippen LogP contribution in [0.25, 0.3) is 0 Å². The van der Waals surface area contributed by atoms with Gasteiger partial charge in [0.1, 0.15) is 0 Å². The average Bonchev–Trinajstić information content (AvgIpc) is 2.66. The van der Waals surface area contributed by atoms with Gasteiger partial charge in [-0.15, -0.1) is 0 Å². The first kappa shape index (κ1) is 11.9. The number of rotatable bonds is 4. The van der Waals surface area contributed by atoms with Gasteiger partial charge >= 0.3 is 0 Å². The van der Waals surface area contributed by atoms with E-state index in [1.807, 2.05) is 0 Å². The van der Waals surface area contributed by atoms with E-state index >= 15 is 0 Å². The van der Waals surface area contributed by atoms with E-state index in [9.17, 15) is 9.90 Å². The van der Waals surface area contributed by atoms with E-state index < -0.39 is 0 Å². The average molecular weight is 226 g/mol. The summed E-state index contributed by atoms with van der Waals surface area (Å²) in [6.07, 6.45) is 6.88. The highest BCUT2D eigenvalue weighted by Gasteiger charge is 2.46. The molecule has 0 radical (unpaired) electrons. The summed E-state index contributed by atoms with van der Waals surface area (Å²) in [5.74, 6) is 0.0669. The van der Waals surface area contributed by atoms with Crippen LogP contribution in [-0.2, 0) is 4.79 Å². The molecule has 0 heterocycles. The Bertz CT molecular complexity index is 263. The minimum Gasteiger partial charge on any atom is -0.394 e. The van der Waals surface area contributed by atoms with E-state index in [4.69, 9.17) is 5.73 Å².